The Balaban J connectivity index is 1.96. The molecule has 8 nitrogen and oxygen atoms in total. The van der Waals surface area contributed by atoms with Crippen molar-refractivity contribution < 1.29 is 23.5 Å². The van der Waals surface area contributed by atoms with Gasteiger partial charge in [-0.1, -0.05) is 27.2 Å². The monoisotopic (exact) mass is 528 g/mol. The fourth-order valence-corrected chi connectivity index (χ4v) is 4.45. The van der Waals surface area contributed by atoms with Crippen LogP contribution in [0.25, 0.3) is 22.2 Å². The van der Waals surface area contributed by atoms with E-state index in [0.29, 0.717) is 40.8 Å². The third-order valence-corrected chi connectivity index (χ3v) is 6.32. The lowest BCUT2D eigenvalue weighted by atomic mass is 10.0. The van der Waals surface area contributed by atoms with E-state index < -0.39 is 23.7 Å². The van der Waals surface area contributed by atoms with Gasteiger partial charge in [0, 0.05) is 11.4 Å². The van der Waals surface area contributed by atoms with Crippen molar-refractivity contribution in [3.05, 3.63) is 44.6 Å². The molecule has 0 aliphatic heterocycles. The van der Waals surface area contributed by atoms with Gasteiger partial charge in [-0.2, -0.15) is 0 Å². The van der Waals surface area contributed by atoms with Gasteiger partial charge in [0.2, 0.25) is 5.43 Å². The summed E-state index contributed by atoms with van der Waals surface area (Å²) in [5.74, 6) is -0.172. The van der Waals surface area contributed by atoms with E-state index in [9.17, 15) is 14.4 Å². The zero-order valence-corrected chi connectivity index (χ0v) is 23.4. The first kappa shape index (κ1) is 28.4. The molecule has 0 aliphatic carbocycles. The Kier molecular flexibility index (Phi) is 9.12. The molecule has 2 aromatic heterocycles. The summed E-state index contributed by atoms with van der Waals surface area (Å²) >= 11 is 1.46. The fraction of sp³-hybridized carbons (Fsp3) is 0.500. The second-order valence-corrected chi connectivity index (χ2v) is 11.6. The predicted octanol–water partition coefficient (Wildman–Crippen LogP) is 6.41. The number of nitrogens with one attached hydrogen (secondary N) is 1. The molecule has 1 aromatic carbocycles. The minimum absolute atomic E-state index is 0.120. The number of rotatable bonds is 9. The summed E-state index contributed by atoms with van der Waals surface area (Å²) in [5.41, 5.74) is 1.11. The average molecular weight is 529 g/mol. The summed E-state index contributed by atoms with van der Waals surface area (Å²) in [5, 5.41) is 5.73. The first-order chi connectivity index (χ1) is 17.4. The number of alkyl carbamates (subject to hydrolysis) is 1. The molecule has 0 saturated carbocycles. The van der Waals surface area contributed by atoms with Gasteiger partial charge in [0.05, 0.1) is 21.7 Å². The van der Waals surface area contributed by atoms with Crippen LogP contribution in [-0.4, -0.2) is 28.7 Å². The first-order valence-corrected chi connectivity index (χ1v) is 13.5. The SMILES string of the molecule is CCCCc1cc2c(=O)c(-c3csc(C)n3)coc2cc1OC(=O)[C@@H](CC(C)C)NC(=O)OC(C)(C)C. The Morgan fingerprint density at radius 1 is 1.22 bits per heavy atom. The van der Waals surface area contributed by atoms with Crippen molar-refractivity contribution in [2.24, 2.45) is 5.92 Å². The van der Waals surface area contributed by atoms with E-state index in [1.807, 2.05) is 26.2 Å². The molecule has 0 unspecified atom stereocenters. The molecule has 37 heavy (non-hydrogen) atoms. The molecule has 9 heteroatoms. The third kappa shape index (κ3) is 7.64. The van der Waals surface area contributed by atoms with E-state index in [-0.39, 0.29) is 11.3 Å². The molecule has 0 fully saturated rings. The molecular formula is C28H36N2O6S. The van der Waals surface area contributed by atoms with Crippen molar-refractivity contribution in [3.63, 3.8) is 0 Å². The fourth-order valence-electron chi connectivity index (χ4n) is 3.84. The minimum atomic E-state index is -0.896. The van der Waals surface area contributed by atoms with E-state index in [1.54, 1.807) is 32.9 Å². The number of nitrogens with zero attached hydrogens (tertiary/aromatic N) is 1. The highest BCUT2D eigenvalue weighted by Gasteiger charge is 2.28. The number of ether oxygens (including phenoxy) is 2. The van der Waals surface area contributed by atoms with Crippen LogP contribution < -0.4 is 15.5 Å². The van der Waals surface area contributed by atoms with Gasteiger partial charge < -0.3 is 19.2 Å². The molecule has 0 saturated heterocycles. The number of esters is 1. The summed E-state index contributed by atoms with van der Waals surface area (Å²) in [7, 11) is 0. The number of benzene rings is 1. The number of thiazole rings is 1. The highest BCUT2D eigenvalue weighted by atomic mass is 32.1. The zero-order valence-electron chi connectivity index (χ0n) is 22.6. The van der Waals surface area contributed by atoms with Gasteiger partial charge in [-0.05, 0) is 64.5 Å². The zero-order chi connectivity index (χ0) is 27.3. The maximum absolute atomic E-state index is 13.3. The van der Waals surface area contributed by atoms with Crippen LogP contribution in [0.3, 0.4) is 0 Å². The number of hydrogen-bond donors (Lipinski definition) is 1. The van der Waals surface area contributed by atoms with E-state index in [1.165, 1.54) is 17.6 Å². The van der Waals surface area contributed by atoms with Crippen LogP contribution in [0.15, 0.2) is 33.0 Å². The van der Waals surface area contributed by atoms with Gasteiger partial charge in [0.25, 0.3) is 0 Å². The van der Waals surface area contributed by atoms with Gasteiger partial charge >= 0.3 is 12.1 Å². The topological polar surface area (TPSA) is 108 Å². The summed E-state index contributed by atoms with van der Waals surface area (Å²) < 4.78 is 17.0. The lowest BCUT2D eigenvalue weighted by Gasteiger charge is -2.24. The van der Waals surface area contributed by atoms with E-state index in [4.69, 9.17) is 13.9 Å². The number of aryl methyl sites for hydroxylation is 2. The summed E-state index contributed by atoms with van der Waals surface area (Å²) in [4.78, 5) is 43.3. The van der Waals surface area contributed by atoms with Crippen molar-refractivity contribution in [2.45, 2.75) is 85.8 Å². The molecule has 0 radical (unpaired) electrons. The highest BCUT2D eigenvalue weighted by Crippen LogP contribution is 2.29. The maximum Gasteiger partial charge on any atom is 0.408 e. The first-order valence-electron chi connectivity index (χ1n) is 12.6. The molecule has 1 amide bonds. The van der Waals surface area contributed by atoms with Crippen LogP contribution in [0.2, 0.25) is 0 Å². The predicted molar refractivity (Wildman–Crippen MR) is 145 cm³/mol. The molecule has 1 N–H and O–H groups in total. The Morgan fingerprint density at radius 3 is 2.54 bits per heavy atom. The van der Waals surface area contributed by atoms with Crippen LogP contribution in [0.1, 0.15) is 71.4 Å². The molecule has 3 aromatic rings. The molecule has 0 spiro atoms. The molecular weight excluding hydrogens is 492 g/mol. The van der Waals surface area contributed by atoms with Crippen molar-refractivity contribution in [1.29, 1.82) is 0 Å². The third-order valence-electron chi connectivity index (χ3n) is 5.54. The van der Waals surface area contributed by atoms with Crippen LogP contribution >= 0.6 is 11.3 Å². The number of aromatic nitrogens is 1. The summed E-state index contributed by atoms with van der Waals surface area (Å²) in [6.07, 6.45) is 3.47. The largest absolute Gasteiger partial charge is 0.463 e. The Hall–Kier alpha value is -3.20. The van der Waals surface area contributed by atoms with Gasteiger partial charge in [-0.3, -0.25) is 4.79 Å². The number of carbonyl (C=O) groups is 2. The Labute approximate surface area is 221 Å². The molecule has 0 bridgehead atoms. The smallest absolute Gasteiger partial charge is 0.408 e. The number of carbonyl (C=O) groups excluding carboxylic acids is 2. The molecule has 2 heterocycles. The lowest BCUT2D eigenvalue weighted by Crippen LogP contribution is -2.45. The van der Waals surface area contributed by atoms with Crippen LogP contribution in [0, 0.1) is 12.8 Å². The van der Waals surface area contributed by atoms with Crippen molar-refractivity contribution in [3.8, 4) is 17.0 Å². The normalized spacial score (nSPS) is 12.5. The van der Waals surface area contributed by atoms with Crippen molar-refractivity contribution in [1.82, 2.24) is 10.3 Å². The van der Waals surface area contributed by atoms with E-state index >= 15 is 0 Å². The maximum atomic E-state index is 13.3. The minimum Gasteiger partial charge on any atom is -0.463 e. The Morgan fingerprint density at radius 2 is 1.95 bits per heavy atom. The standard InChI is InChI=1S/C28H36N2O6S/c1-8-9-10-18-12-19-24(34-14-20(25(19)31)22-15-37-17(4)29-22)13-23(18)35-26(32)21(11-16(2)3)30-27(33)36-28(5,6)7/h12-16,21H,8-11H2,1-7H3,(H,30,33)/t21-/m1/s1. The highest BCUT2D eigenvalue weighted by molar-refractivity contribution is 7.09. The van der Waals surface area contributed by atoms with Gasteiger partial charge in [0.15, 0.2) is 0 Å². The van der Waals surface area contributed by atoms with Gasteiger partial charge in [0.1, 0.15) is 29.2 Å². The quantitative estimate of drug-likeness (QED) is 0.252. The van der Waals surface area contributed by atoms with Crippen molar-refractivity contribution in [2.75, 3.05) is 0 Å². The van der Waals surface area contributed by atoms with Gasteiger partial charge in [-0.15, -0.1) is 11.3 Å². The van der Waals surface area contributed by atoms with E-state index in [0.717, 1.165) is 23.4 Å². The molecule has 3 rings (SSSR count). The average Bonchev–Trinajstić information content (AvgIpc) is 3.22. The number of hydrogen-bond acceptors (Lipinski definition) is 8. The van der Waals surface area contributed by atoms with Crippen LogP contribution in [-0.2, 0) is 16.0 Å². The van der Waals surface area contributed by atoms with Gasteiger partial charge in [-0.25, -0.2) is 14.6 Å². The van der Waals surface area contributed by atoms with Crippen molar-refractivity contribution >= 4 is 34.4 Å². The molecule has 200 valence electrons. The Bertz CT molecular complexity index is 1320. The summed E-state index contributed by atoms with van der Waals surface area (Å²) in [6.45, 7) is 13.1. The summed E-state index contributed by atoms with van der Waals surface area (Å²) in [6, 6.07) is 2.42. The van der Waals surface area contributed by atoms with Crippen LogP contribution in [0.4, 0.5) is 4.79 Å². The number of amides is 1. The number of fused-ring (bicyclic) bond motifs is 1. The molecule has 1 atom stereocenters. The van der Waals surface area contributed by atoms with Crippen LogP contribution in [0.5, 0.6) is 5.75 Å². The lowest BCUT2D eigenvalue weighted by molar-refractivity contribution is -0.137. The second-order valence-electron chi connectivity index (χ2n) is 10.5. The molecule has 0 aliphatic rings. The van der Waals surface area contributed by atoms with E-state index in [2.05, 4.69) is 17.2 Å². The second kappa shape index (κ2) is 11.9. The number of unbranched alkanes of at least 4 members (excludes halogenated alkanes) is 1.